The number of ether oxygens (including phenoxy) is 1. The summed E-state index contributed by atoms with van der Waals surface area (Å²) in [5.74, 6) is -0.322. The molecular weight excluding hydrogens is 470 g/mol. The summed E-state index contributed by atoms with van der Waals surface area (Å²) >= 11 is 0. The van der Waals surface area contributed by atoms with E-state index >= 15 is 0 Å². The number of rotatable bonds is 7. The van der Waals surface area contributed by atoms with E-state index < -0.39 is 17.6 Å². The molecule has 2 fully saturated rings. The summed E-state index contributed by atoms with van der Waals surface area (Å²) in [4.78, 5) is 10.9. The van der Waals surface area contributed by atoms with Crippen LogP contribution in [0.4, 0.5) is 14.7 Å². The quantitative estimate of drug-likeness (QED) is 0.376. The maximum atomic E-state index is 14.9. The van der Waals surface area contributed by atoms with Crippen molar-refractivity contribution < 1.29 is 18.6 Å². The van der Waals surface area contributed by atoms with Crippen LogP contribution in [0.3, 0.4) is 0 Å². The largest absolute Gasteiger partial charge is 0.494 e. The summed E-state index contributed by atoms with van der Waals surface area (Å²) in [5.41, 5.74) is 6.93. The monoisotopic (exact) mass is 500 g/mol. The van der Waals surface area contributed by atoms with Crippen LogP contribution in [-0.4, -0.2) is 79.8 Å². The SMILES string of the molecule is C=NN(/C=C(\C)N1C[C@@H](F)C[C@@H](c2nc3c4cc(F)c(OC)cc4nc(N)n3n2)C1)CC1(O)CCC1. The number of likely N-dealkylation sites (tertiary alicyclic amines) is 1. The van der Waals surface area contributed by atoms with Crippen LogP contribution in [0.2, 0.25) is 0 Å². The molecule has 3 aromatic rings. The lowest BCUT2D eigenvalue weighted by atomic mass is 9.80. The second-order valence-corrected chi connectivity index (χ2v) is 9.70. The molecule has 2 atom stereocenters. The Labute approximate surface area is 207 Å². The van der Waals surface area contributed by atoms with Crippen LogP contribution in [0.1, 0.15) is 44.3 Å². The molecular formula is C24H30F2N8O2. The molecule has 0 unspecified atom stereocenters. The minimum absolute atomic E-state index is 0.0522. The van der Waals surface area contributed by atoms with Crippen LogP contribution in [0.15, 0.2) is 29.1 Å². The normalized spacial score (nSPS) is 22.0. The third kappa shape index (κ3) is 4.41. The van der Waals surface area contributed by atoms with Gasteiger partial charge in [-0.3, -0.25) is 5.01 Å². The Kier molecular flexibility index (Phi) is 6.15. The van der Waals surface area contributed by atoms with Gasteiger partial charge in [-0.2, -0.15) is 9.62 Å². The highest BCUT2D eigenvalue weighted by molar-refractivity contribution is 5.93. The molecule has 0 radical (unpaired) electrons. The Morgan fingerprint density at radius 2 is 2.17 bits per heavy atom. The Morgan fingerprint density at radius 3 is 2.83 bits per heavy atom. The number of hydrogen-bond donors (Lipinski definition) is 2. The number of methoxy groups -OCH3 is 1. The van der Waals surface area contributed by atoms with Gasteiger partial charge in [0, 0.05) is 49.1 Å². The highest BCUT2D eigenvalue weighted by atomic mass is 19.1. The average molecular weight is 501 g/mol. The molecule has 2 aromatic heterocycles. The number of fused-ring (bicyclic) bond motifs is 3. The van der Waals surface area contributed by atoms with E-state index in [0.717, 1.165) is 25.0 Å². The average Bonchev–Trinajstić information content (AvgIpc) is 3.29. The van der Waals surface area contributed by atoms with Crippen LogP contribution in [-0.2, 0) is 0 Å². The molecule has 1 saturated heterocycles. The number of aromatic nitrogens is 4. The lowest BCUT2D eigenvalue weighted by Crippen LogP contribution is -2.45. The third-order valence-electron chi connectivity index (χ3n) is 7.11. The molecule has 36 heavy (non-hydrogen) atoms. The lowest BCUT2D eigenvalue weighted by molar-refractivity contribution is -0.0506. The van der Waals surface area contributed by atoms with E-state index in [1.54, 1.807) is 11.2 Å². The summed E-state index contributed by atoms with van der Waals surface area (Å²) < 4.78 is 35.7. The van der Waals surface area contributed by atoms with Crippen LogP contribution in [0.25, 0.3) is 16.6 Å². The molecule has 0 amide bonds. The highest BCUT2D eigenvalue weighted by Gasteiger charge is 2.36. The summed E-state index contributed by atoms with van der Waals surface area (Å²) in [5, 5.41) is 21.0. The fraction of sp³-hybridized carbons (Fsp3) is 0.500. The maximum Gasteiger partial charge on any atom is 0.223 e. The predicted octanol–water partition coefficient (Wildman–Crippen LogP) is 2.83. The van der Waals surface area contributed by atoms with E-state index in [2.05, 4.69) is 26.9 Å². The minimum atomic E-state index is -1.10. The number of hydrazone groups is 1. The number of nitrogens with two attached hydrogens (primary N) is 1. The van der Waals surface area contributed by atoms with E-state index in [1.807, 2.05) is 11.8 Å². The molecule has 1 aliphatic carbocycles. The summed E-state index contributed by atoms with van der Waals surface area (Å²) in [6, 6.07) is 2.75. The zero-order chi connectivity index (χ0) is 25.6. The first-order chi connectivity index (χ1) is 17.2. The van der Waals surface area contributed by atoms with Crippen LogP contribution in [0.5, 0.6) is 5.75 Å². The van der Waals surface area contributed by atoms with Crippen molar-refractivity contribution >= 4 is 29.2 Å². The van der Waals surface area contributed by atoms with Gasteiger partial charge < -0.3 is 20.5 Å². The smallest absolute Gasteiger partial charge is 0.223 e. The van der Waals surface area contributed by atoms with Gasteiger partial charge in [0.2, 0.25) is 5.95 Å². The van der Waals surface area contributed by atoms with Gasteiger partial charge in [0.1, 0.15) is 6.17 Å². The number of alkyl halides is 1. The molecule has 0 bridgehead atoms. The Balaban J connectivity index is 1.43. The van der Waals surface area contributed by atoms with E-state index in [1.165, 1.54) is 23.8 Å². The number of nitrogens with zero attached hydrogens (tertiary/aromatic N) is 7. The van der Waals surface area contributed by atoms with Crippen LogP contribution in [0, 0.1) is 5.82 Å². The van der Waals surface area contributed by atoms with Crippen molar-refractivity contribution in [3.05, 3.63) is 35.7 Å². The number of benzene rings is 1. The Morgan fingerprint density at radius 1 is 1.39 bits per heavy atom. The summed E-state index contributed by atoms with van der Waals surface area (Å²) in [6.07, 6.45) is 3.37. The van der Waals surface area contributed by atoms with Gasteiger partial charge in [-0.05, 0) is 38.7 Å². The van der Waals surface area contributed by atoms with Crippen molar-refractivity contribution in [2.45, 2.75) is 50.3 Å². The van der Waals surface area contributed by atoms with Crippen molar-refractivity contribution in [1.82, 2.24) is 29.5 Å². The van der Waals surface area contributed by atoms with E-state index in [4.69, 9.17) is 10.5 Å². The van der Waals surface area contributed by atoms with Gasteiger partial charge in [0.15, 0.2) is 23.0 Å². The Hall–Kier alpha value is -3.54. The topological polar surface area (TPSA) is 117 Å². The highest BCUT2D eigenvalue weighted by Crippen LogP contribution is 2.34. The first-order valence-corrected chi connectivity index (χ1v) is 11.9. The van der Waals surface area contributed by atoms with E-state index in [9.17, 15) is 13.9 Å². The van der Waals surface area contributed by atoms with Crippen molar-refractivity contribution in [2.75, 3.05) is 32.5 Å². The van der Waals surface area contributed by atoms with Gasteiger partial charge in [-0.15, -0.1) is 5.10 Å². The molecule has 3 N–H and O–H groups in total. The molecule has 2 aliphatic rings. The predicted molar refractivity (Wildman–Crippen MR) is 132 cm³/mol. The summed E-state index contributed by atoms with van der Waals surface area (Å²) in [7, 11) is 1.37. The number of nitrogen functional groups attached to an aromatic ring is 1. The standard InChI is InChI=1S/C24H30F2N8O2/c1-14(10-33(28-2)13-24(35)5-4-6-24)32-11-15(7-16(25)12-32)21-30-22-17-8-18(26)20(36-3)9-19(17)29-23(27)34(22)31-21/h8-10,15-16,35H,2,4-7,11-13H2,1,3H3,(H2,27,29)/b14-10+/t15-,16+/m1/s1. The molecule has 1 saturated carbocycles. The van der Waals surface area contributed by atoms with Crippen LogP contribution >= 0.6 is 0 Å². The zero-order valence-corrected chi connectivity index (χ0v) is 20.4. The number of hydrogen-bond acceptors (Lipinski definition) is 9. The fourth-order valence-electron chi connectivity index (χ4n) is 4.97. The molecule has 3 heterocycles. The van der Waals surface area contributed by atoms with Crippen molar-refractivity contribution in [2.24, 2.45) is 5.10 Å². The molecule has 12 heteroatoms. The second-order valence-electron chi connectivity index (χ2n) is 9.70. The molecule has 1 aromatic carbocycles. The second kappa shape index (κ2) is 9.16. The van der Waals surface area contributed by atoms with Crippen LogP contribution < -0.4 is 10.5 Å². The third-order valence-corrected chi connectivity index (χ3v) is 7.11. The van der Waals surface area contributed by atoms with Crippen molar-refractivity contribution in [1.29, 1.82) is 0 Å². The van der Waals surface area contributed by atoms with Gasteiger partial charge in [0.05, 0.1) is 24.8 Å². The Bertz CT molecular complexity index is 1340. The number of anilines is 1. The zero-order valence-electron chi connectivity index (χ0n) is 20.4. The van der Waals surface area contributed by atoms with Gasteiger partial charge in [0.25, 0.3) is 0 Å². The van der Waals surface area contributed by atoms with Gasteiger partial charge in [-0.25, -0.2) is 18.7 Å². The van der Waals surface area contributed by atoms with Crippen molar-refractivity contribution in [3.8, 4) is 5.75 Å². The molecule has 0 spiro atoms. The summed E-state index contributed by atoms with van der Waals surface area (Å²) in [6.45, 7) is 6.52. The number of aliphatic hydroxyl groups is 1. The number of allylic oxidation sites excluding steroid dienone is 1. The molecule has 10 nitrogen and oxygen atoms in total. The lowest BCUT2D eigenvalue weighted by Gasteiger charge is -2.39. The first kappa shape index (κ1) is 24.2. The van der Waals surface area contributed by atoms with E-state index in [-0.39, 0.29) is 30.6 Å². The molecule has 5 rings (SSSR count). The number of halogens is 2. The fourth-order valence-corrected chi connectivity index (χ4v) is 4.97. The minimum Gasteiger partial charge on any atom is -0.494 e. The van der Waals surface area contributed by atoms with Crippen molar-refractivity contribution in [3.63, 3.8) is 0 Å². The van der Waals surface area contributed by atoms with Gasteiger partial charge in [-0.1, -0.05) is 0 Å². The van der Waals surface area contributed by atoms with Gasteiger partial charge >= 0.3 is 0 Å². The molecule has 1 aliphatic heterocycles. The number of piperidine rings is 1. The first-order valence-electron chi connectivity index (χ1n) is 11.9. The molecule has 192 valence electrons. The maximum absolute atomic E-state index is 14.9. The van der Waals surface area contributed by atoms with E-state index in [0.29, 0.717) is 35.5 Å².